The average Bonchev–Trinajstić information content (AvgIpc) is 3.72. The molecule has 4 N–H and O–H groups in total. The number of carbonyl (C=O) groups is 5. The van der Waals surface area contributed by atoms with Crippen LogP contribution in [0.1, 0.15) is 98.1 Å². The van der Waals surface area contributed by atoms with Crippen molar-refractivity contribution in [3.63, 3.8) is 0 Å². The lowest BCUT2D eigenvalue weighted by atomic mass is 9.89. The quantitative estimate of drug-likeness (QED) is 0.109. The predicted molar refractivity (Wildman–Crippen MR) is 246 cm³/mol. The molecular weight excluding hydrogens is 785 g/mol. The van der Waals surface area contributed by atoms with E-state index in [4.69, 9.17) is 15.2 Å². The van der Waals surface area contributed by atoms with Gasteiger partial charge < -0.3 is 35.6 Å². The van der Waals surface area contributed by atoms with Gasteiger partial charge in [0.05, 0.1) is 48.7 Å². The Balaban J connectivity index is 1.79. The van der Waals surface area contributed by atoms with Gasteiger partial charge in [0.15, 0.2) is 5.78 Å². The predicted octanol–water partition coefficient (Wildman–Crippen LogP) is 5.54. The molecule has 2 aromatic rings. The summed E-state index contributed by atoms with van der Waals surface area (Å²) in [5.74, 6) is -1.86. The molecule has 3 unspecified atom stereocenters. The largest absolute Gasteiger partial charge is 0.399 e. The molecule has 0 radical (unpaired) electrons. The summed E-state index contributed by atoms with van der Waals surface area (Å²) in [7, 11) is 8.56. The molecule has 1 fully saturated rings. The topological polar surface area (TPSA) is 164 Å². The summed E-state index contributed by atoms with van der Waals surface area (Å²) in [5, 5.41) is 6.11. The number of ketones is 1. The molecule has 346 valence electrons. The Hall–Kier alpha value is -4.33. The fourth-order valence-electron chi connectivity index (χ4n) is 9.13. The Morgan fingerprint density at radius 2 is 1.48 bits per heavy atom. The summed E-state index contributed by atoms with van der Waals surface area (Å²) < 4.78 is 12.1. The number of nitrogen functional groups attached to an aromatic ring is 1. The molecule has 1 heterocycles. The molecule has 0 aliphatic carbocycles. The number of aryl methyl sites for hydroxylation is 1. The highest BCUT2D eigenvalue weighted by Gasteiger charge is 2.43. The number of likely N-dealkylation sites (N-methyl/N-ethyl adjacent to an activating group) is 2. The molecule has 0 bridgehead atoms. The highest BCUT2D eigenvalue weighted by Crippen LogP contribution is 2.30. The maximum atomic E-state index is 14.4. The minimum Gasteiger partial charge on any atom is -0.399 e. The van der Waals surface area contributed by atoms with E-state index in [0.29, 0.717) is 37.9 Å². The molecule has 1 aliphatic heterocycles. The van der Waals surface area contributed by atoms with E-state index in [9.17, 15) is 24.0 Å². The average molecular weight is 863 g/mol. The molecular formula is C49H78N6O7. The summed E-state index contributed by atoms with van der Waals surface area (Å²) in [6, 6.07) is 14.5. The highest BCUT2D eigenvalue weighted by atomic mass is 16.5. The number of ether oxygens (including phenoxy) is 2. The molecule has 1 saturated heterocycles. The van der Waals surface area contributed by atoms with Gasteiger partial charge >= 0.3 is 0 Å². The summed E-state index contributed by atoms with van der Waals surface area (Å²) in [5.41, 5.74) is 8.59. The number of nitrogens with one attached hydrogen (secondary N) is 2. The standard InChI is InChI=1S/C49H78N6O7/c1-13-33(6)45(54(10)49(60)43(31(2)3)52-48(59)44(32(4)5)53(8)9)41(61-11)30-42(57)55-28-18-22-39(55)46(62-12)34(7)47(58)51-38(29-36-24-26-37(50)27-25-36)40(56)23-17-21-35-19-15-14-16-20-35/h14-16,19-20,24-27,31-34,38-39,41,43-46H,13,17-18,21-23,28-30,50H2,1-12H3,(H,51,58)(H,52,59)/t33-,34+,38?,39-,41+,43?,44-,45?,46+/m0/s1. The van der Waals surface area contributed by atoms with Gasteiger partial charge in [0.2, 0.25) is 23.6 Å². The Bertz CT molecular complexity index is 1710. The first-order chi connectivity index (χ1) is 29.4. The van der Waals surface area contributed by atoms with Crippen LogP contribution in [0.4, 0.5) is 5.69 Å². The van der Waals surface area contributed by atoms with Crippen LogP contribution in [0.2, 0.25) is 0 Å². The van der Waals surface area contributed by atoms with Crippen LogP contribution < -0.4 is 16.4 Å². The fourth-order valence-corrected chi connectivity index (χ4v) is 9.13. The first kappa shape index (κ1) is 52.0. The van der Waals surface area contributed by atoms with Crippen LogP contribution in [0, 0.1) is 23.7 Å². The van der Waals surface area contributed by atoms with Gasteiger partial charge in [-0.3, -0.25) is 28.9 Å². The number of amides is 4. The number of hydrogen-bond acceptors (Lipinski definition) is 9. The van der Waals surface area contributed by atoms with Crippen molar-refractivity contribution < 1.29 is 33.4 Å². The minimum absolute atomic E-state index is 0.00649. The summed E-state index contributed by atoms with van der Waals surface area (Å²) in [6.45, 7) is 14.2. The van der Waals surface area contributed by atoms with Crippen LogP contribution in [-0.2, 0) is 46.3 Å². The van der Waals surface area contributed by atoms with Crippen molar-refractivity contribution in [3.8, 4) is 0 Å². The zero-order valence-corrected chi connectivity index (χ0v) is 39.7. The van der Waals surface area contributed by atoms with Gasteiger partial charge in [-0.25, -0.2) is 0 Å². The van der Waals surface area contributed by atoms with Crippen LogP contribution in [0.25, 0.3) is 0 Å². The fraction of sp³-hybridized carbons (Fsp3) is 0.653. The summed E-state index contributed by atoms with van der Waals surface area (Å²) >= 11 is 0. The number of Topliss-reactive ketones (excluding diaryl/α,β-unsaturated/α-hetero) is 1. The number of nitrogens with two attached hydrogens (primary N) is 1. The van der Waals surface area contributed by atoms with Crippen molar-refractivity contribution >= 4 is 35.1 Å². The summed E-state index contributed by atoms with van der Waals surface area (Å²) in [4.78, 5) is 75.4. The molecule has 1 aliphatic rings. The molecule has 3 rings (SSSR count). The maximum absolute atomic E-state index is 14.4. The van der Waals surface area contributed by atoms with Gasteiger partial charge in [-0.15, -0.1) is 0 Å². The van der Waals surface area contributed by atoms with Gasteiger partial charge in [-0.2, -0.15) is 0 Å². The second-order valence-corrected chi connectivity index (χ2v) is 18.3. The SMILES string of the molecule is CC[C@H](C)C([C@@H](CC(=O)N1CCC[C@H]1[C@H](OC)[C@@H](C)C(=O)NC(Cc1ccc(N)cc1)C(=O)CCCc1ccccc1)OC)N(C)C(=O)C(NC(=O)[C@H](C(C)C)N(C)C)C(C)C. The third-order valence-electron chi connectivity index (χ3n) is 12.8. The van der Waals surface area contributed by atoms with Gasteiger partial charge in [-0.05, 0) is 87.2 Å². The molecule has 9 atom stereocenters. The van der Waals surface area contributed by atoms with Gasteiger partial charge in [0, 0.05) is 39.9 Å². The van der Waals surface area contributed by atoms with Gasteiger partial charge in [0.1, 0.15) is 6.04 Å². The normalized spacial score (nSPS) is 18.1. The third kappa shape index (κ3) is 14.4. The van der Waals surface area contributed by atoms with E-state index in [-0.39, 0.29) is 53.6 Å². The molecule has 0 spiro atoms. The Morgan fingerprint density at radius 3 is 2.03 bits per heavy atom. The number of anilines is 1. The highest BCUT2D eigenvalue weighted by molar-refractivity contribution is 5.91. The van der Waals surface area contributed by atoms with Crippen LogP contribution in [0.5, 0.6) is 0 Å². The monoisotopic (exact) mass is 863 g/mol. The lowest BCUT2D eigenvalue weighted by Crippen LogP contribution is -2.59. The van der Waals surface area contributed by atoms with E-state index >= 15 is 0 Å². The Morgan fingerprint density at radius 1 is 0.839 bits per heavy atom. The van der Waals surface area contributed by atoms with Crippen LogP contribution >= 0.6 is 0 Å². The van der Waals surface area contributed by atoms with E-state index in [1.54, 1.807) is 50.1 Å². The molecule has 13 nitrogen and oxygen atoms in total. The van der Waals surface area contributed by atoms with Crippen molar-refractivity contribution in [2.75, 3.05) is 47.6 Å². The van der Waals surface area contributed by atoms with Crippen molar-refractivity contribution in [1.29, 1.82) is 0 Å². The van der Waals surface area contributed by atoms with Crippen molar-refractivity contribution in [1.82, 2.24) is 25.3 Å². The van der Waals surface area contributed by atoms with Crippen LogP contribution in [0.3, 0.4) is 0 Å². The first-order valence-corrected chi connectivity index (χ1v) is 22.7. The van der Waals surface area contributed by atoms with E-state index < -0.39 is 48.3 Å². The third-order valence-corrected chi connectivity index (χ3v) is 12.8. The van der Waals surface area contributed by atoms with E-state index in [0.717, 1.165) is 30.4 Å². The van der Waals surface area contributed by atoms with E-state index in [1.807, 2.05) is 103 Å². The lowest BCUT2D eigenvalue weighted by Gasteiger charge is -2.41. The number of methoxy groups -OCH3 is 2. The lowest BCUT2D eigenvalue weighted by molar-refractivity contribution is -0.148. The number of rotatable bonds is 25. The van der Waals surface area contributed by atoms with Gasteiger partial charge in [0.25, 0.3) is 0 Å². The molecule has 0 aromatic heterocycles. The first-order valence-electron chi connectivity index (χ1n) is 22.7. The summed E-state index contributed by atoms with van der Waals surface area (Å²) in [6.07, 6.45) is 2.85. The number of likely N-dealkylation sites (tertiary alicyclic amines) is 1. The van der Waals surface area contributed by atoms with Crippen LogP contribution in [-0.4, -0.2) is 128 Å². The molecule has 2 aromatic carbocycles. The molecule has 4 amide bonds. The Labute approximate surface area is 372 Å². The molecule has 0 saturated carbocycles. The van der Waals surface area contributed by atoms with Crippen LogP contribution in [0.15, 0.2) is 54.6 Å². The zero-order chi connectivity index (χ0) is 46.3. The second kappa shape index (κ2) is 25.1. The van der Waals surface area contributed by atoms with Gasteiger partial charge in [-0.1, -0.05) is 97.4 Å². The maximum Gasteiger partial charge on any atom is 0.245 e. The number of nitrogens with zero attached hydrogens (tertiary/aromatic N) is 3. The van der Waals surface area contributed by atoms with E-state index in [1.165, 1.54) is 0 Å². The molecule has 13 heteroatoms. The van der Waals surface area contributed by atoms with Crippen molar-refractivity contribution in [2.45, 2.75) is 142 Å². The zero-order valence-electron chi connectivity index (χ0n) is 39.7. The number of hydrogen-bond donors (Lipinski definition) is 3. The minimum atomic E-state index is -0.776. The van der Waals surface area contributed by atoms with E-state index in [2.05, 4.69) is 10.6 Å². The number of carbonyl (C=O) groups excluding carboxylic acids is 5. The van der Waals surface area contributed by atoms with Crippen molar-refractivity contribution in [3.05, 3.63) is 65.7 Å². The number of benzene rings is 2. The molecule has 62 heavy (non-hydrogen) atoms. The smallest absolute Gasteiger partial charge is 0.245 e. The second-order valence-electron chi connectivity index (χ2n) is 18.3. The Kier molecular flexibility index (Phi) is 21.0. The van der Waals surface area contributed by atoms with Crippen molar-refractivity contribution in [2.24, 2.45) is 23.7 Å².